The lowest BCUT2D eigenvalue weighted by Gasteiger charge is -2.23. The van der Waals surface area contributed by atoms with Crippen molar-refractivity contribution in [2.45, 2.75) is 12.5 Å². The van der Waals surface area contributed by atoms with Crippen LogP contribution in [0.1, 0.15) is 18.0 Å². The molecule has 0 radical (unpaired) electrons. The average molecular weight is 202 g/mol. The van der Waals surface area contributed by atoms with Crippen LogP contribution in [0, 0.1) is 5.82 Å². The first kappa shape index (κ1) is 8.78. The molecule has 1 aromatic rings. The second kappa shape index (κ2) is 3.16. The topological polar surface area (TPSA) is 35.2 Å². The number of benzene rings is 1. The van der Waals surface area contributed by atoms with Crippen LogP contribution in [0.5, 0.6) is 5.75 Å². The molecule has 1 aromatic carbocycles. The molecule has 0 spiro atoms. The Morgan fingerprint density at radius 1 is 1.54 bits per heavy atom. The van der Waals surface area contributed by atoms with E-state index >= 15 is 0 Å². The molecule has 0 aliphatic carbocycles. The Bertz CT molecular complexity index is 343. The van der Waals surface area contributed by atoms with Crippen LogP contribution < -0.4 is 10.5 Å². The fourth-order valence-electron chi connectivity index (χ4n) is 1.43. The molecule has 2 rings (SSSR count). The summed E-state index contributed by atoms with van der Waals surface area (Å²) < 4.78 is 18.5. The van der Waals surface area contributed by atoms with Crippen molar-refractivity contribution >= 4 is 11.6 Å². The number of hydrogen-bond donors (Lipinski definition) is 1. The minimum Gasteiger partial charge on any atom is -0.490 e. The number of nitrogens with two attached hydrogens (primary N) is 1. The third-order valence-corrected chi connectivity index (χ3v) is 2.45. The predicted octanol–water partition coefficient (Wildman–Crippen LogP) is 2.26. The molecule has 0 bridgehead atoms. The molecular formula is C9H9ClFNO. The van der Waals surface area contributed by atoms with Crippen LogP contribution in [0.25, 0.3) is 0 Å². The van der Waals surface area contributed by atoms with Gasteiger partial charge in [0, 0.05) is 18.0 Å². The Morgan fingerprint density at radius 3 is 3.08 bits per heavy atom. The largest absolute Gasteiger partial charge is 0.490 e. The molecule has 2 nitrogen and oxygen atoms in total. The maximum absolute atomic E-state index is 13.3. The minimum atomic E-state index is -0.505. The number of rotatable bonds is 0. The average Bonchev–Trinajstić information content (AvgIpc) is 2.12. The van der Waals surface area contributed by atoms with E-state index in [0.717, 1.165) is 0 Å². The van der Waals surface area contributed by atoms with Crippen LogP contribution in [0.4, 0.5) is 4.39 Å². The normalized spacial score (nSPS) is 20.7. The van der Waals surface area contributed by atoms with Gasteiger partial charge in [-0.05, 0) is 6.07 Å². The van der Waals surface area contributed by atoms with E-state index in [9.17, 15) is 4.39 Å². The van der Waals surface area contributed by atoms with Crippen LogP contribution >= 0.6 is 11.6 Å². The highest BCUT2D eigenvalue weighted by Gasteiger charge is 2.22. The van der Waals surface area contributed by atoms with Crippen molar-refractivity contribution in [3.8, 4) is 5.75 Å². The van der Waals surface area contributed by atoms with E-state index in [2.05, 4.69) is 0 Å². The van der Waals surface area contributed by atoms with Gasteiger partial charge in [0.1, 0.15) is 0 Å². The summed E-state index contributed by atoms with van der Waals surface area (Å²) in [6, 6.07) is 3.07. The van der Waals surface area contributed by atoms with Crippen molar-refractivity contribution < 1.29 is 9.13 Å². The summed E-state index contributed by atoms with van der Waals surface area (Å²) in [7, 11) is 0. The lowest BCUT2D eigenvalue weighted by Crippen LogP contribution is -2.21. The summed E-state index contributed by atoms with van der Waals surface area (Å²) in [5.74, 6) is -0.291. The van der Waals surface area contributed by atoms with Crippen molar-refractivity contribution in [2.24, 2.45) is 5.73 Å². The fourth-order valence-corrected chi connectivity index (χ4v) is 1.58. The molecule has 70 valence electrons. The minimum absolute atomic E-state index is 0.0767. The standard InChI is InChI=1S/C9H9ClFNO/c10-6-2-1-5-7(12)3-4-13-9(5)8(6)11/h1-2,7H,3-4,12H2/t7-/m0/s1. The molecule has 0 saturated heterocycles. The Hall–Kier alpha value is -0.800. The van der Waals surface area contributed by atoms with Crippen molar-refractivity contribution in [2.75, 3.05) is 6.61 Å². The van der Waals surface area contributed by atoms with Gasteiger partial charge in [-0.3, -0.25) is 0 Å². The lowest BCUT2D eigenvalue weighted by atomic mass is 10.0. The van der Waals surface area contributed by atoms with Gasteiger partial charge >= 0.3 is 0 Å². The molecule has 0 fully saturated rings. The van der Waals surface area contributed by atoms with E-state index in [4.69, 9.17) is 22.1 Å². The van der Waals surface area contributed by atoms with Gasteiger partial charge in [-0.2, -0.15) is 0 Å². The summed E-state index contributed by atoms with van der Waals surface area (Å²) in [5.41, 5.74) is 6.48. The van der Waals surface area contributed by atoms with Crippen LogP contribution in [-0.4, -0.2) is 6.61 Å². The van der Waals surface area contributed by atoms with Crippen molar-refractivity contribution in [1.29, 1.82) is 0 Å². The summed E-state index contributed by atoms with van der Waals surface area (Å²) in [4.78, 5) is 0. The Balaban J connectivity index is 2.56. The first-order valence-corrected chi connectivity index (χ1v) is 4.44. The van der Waals surface area contributed by atoms with Crippen LogP contribution in [-0.2, 0) is 0 Å². The summed E-state index contributed by atoms with van der Waals surface area (Å²) in [6.07, 6.45) is 0.716. The van der Waals surface area contributed by atoms with Crippen molar-refractivity contribution in [3.63, 3.8) is 0 Å². The number of hydrogen-bond acceptors (Lipinski definition) is 2. The van der Waals surface area contributed by atoms with Crippen LogP contribution in [0.2, 0.25) is 5.02 Å². The maximum Gasteiger partial charge on any atom is 0.183 e. The zero-order chi connectivity index (χ0) is 9.42. The molecule has 4 heteroatoms. The molecule has 0 amide bonds. The zero-order valence-corrected chi connectivity index (χ0v) is 7.64. The Morgan fingerprint density at radius 2 is 2.31 bits per heavy atom. The smallest absolute Gasteiger partial charge is 0.183 e. The third-order valence-electron chi connectivity index (χ3n) is 2.16. The summed E-state index contributed by atoms with van der Waals surface area (Å²) in [6.45, 7) is 0.450. The quantitative estimate of drug-likeness (QED) is 0.699. The molecule has 0 unspecified atom stereocenters. The Labute approximate surface area is 80.4 Å². The van der Waals surface area contributed by atoms with Crippen molar-refractivity contribution in [3.05, 3.63) is 28.5 Å². The van der Waals surface area contributed by atoms with Gasteiger partial charge in [0.15, 0.2) is 11.6 Å². The molecule has 1 aliphatic rings. The fraction of sp³-hybridized carbons (Fsp3) is 0.333. The van der Waals surface area contributed by atoms with Gasteiger partial charge in [-0.25, -0.2) is 4.39 Å². The first-order chi connectivity index (χ1) is 6.20. The molecular weight excluding hydrogens is 193 g/mol. The molecule has 0 saturated carbocycles. The van der Waals surface area contributed by atoms with E-state index in [-0.39, 0.29) is 16.8 Å². The van der Waals surface area contributed by atoms with Gasteiger partial charge < -0.3 is 10.5 Å². The molecule has 1 atom stereocenters. The zero-order valence-electron chi connectivity index (χ0n) is 6.89. The van der Waals surface area contributed by atoms with Gasteiger partial charge in [0.25, 0.3) is 0 Å². The molecule has 13 heavy (non-hydrogen) atoms. The third kappa shape index (κ3) is 1.38. The van der Waals surface area contributed by atoms with Crippen molar-refractivity contribution in [1.82, 2.24) is 0 Å². The van der Waals surface area contributed by atoms with E-state index in [1.165, 1.54) is 6.07 Å². The maximum atomic E-state index is 13.3. The molecule has 1 aliphatic heterocycles. The van der Waals surface area contributed by atoms with E-state index in [0.29, 0.717) is 18.6 Å². The summed E-state index contributed by atoms with van der Waals surface area (Å²) in [5, 5.41) is 0.0767. The summed E-state index contributed by atoms with van der Waals surface area (Å²) >= 11 is 5.60. The predicted molar refractivity (Wildman–Crippen MR) is 48.5 cm³/mol. The van der Waals surface area contributed by atoms with Gasteiger partial charge in [0.05, 0.1) is 11.6 Å². The number of ether oxygens (including phenoxy) is 1. The van der Waals surface area contributed by atoms with Gasteiger partial charge in [-0.15, -0.1) is 0 Å². The highest BCUT2D eigenvalue weighted by atomic mass is 35.5. The first-order valence-electron chi connectivity index (χ1n) is 4.06. The second-order valence-electron chi connectivity index (χ2n) is 3.02. The van der Waals surface area contributed by atoms with Crippen LogP contribution in [0.15, 0.2) is 12.1 Å². The van der Waals surface area contributed by atoms with E-state index in [1.807, 2.05) is 0 Å². The van der Waals surface area contributed by atoms with Gasteiger partial charge in [-0.1, -0.05) is 17.7 Å². The van der Waals surface area contributed by atoms with Gasteiger partial charge in [0.2, 0.25) is 0 Å². The van der Waals surface area contributed by atoms with Crippen LogP contribution in [0.3, 0.4) is 0 Å². The van der Waals surface area contributed by atoms with E-state index < -0.39 is 5.82 Å². The highest BCUT2D eigenvalue weighted by Crippen LogP contribution is 2.35. The molecule has 2 N–H and O–H groups in total. The molecule has 1 heterocycles. The second-order valence-corrected chi connectivity index (χ2v) is 3.43. The van der Waals surface area contributed by atoms with E-state index in [1.54, 1.807) is 6.07 Å². The Kier molecular flexibility index (Phi) is 2.14. The number of fused-ring (bicyclic) bond motifs is 1. The lowest BCUT2D eigenvalue weighted by molar-refractivity contribution is 0.255. The SMILES string of the molecule is N[C@H]1CCOc2c1ccc(Cl)c2F. The monoisotopic (exact) mass is 201 g/mol. The number of halogens is 2. The molecule has 0 aromatic heterocycles. The highest BCUT2D eigenvalue weighted by molar-refractivity contribution is 6.30.